The molecule has 2 atom stereocenters. The Hall–Kier alpha value is -0.120. The molecule has 0 aliphatic carbocycles. The van der Waals surface area contributed by atoms with Crippen molar-refractivity contribution in [3.05, 3.63) is 0 Å². The Kier molecular flexibility index (Phi) is 8.08. The lowest BCUT2D eigenvalue weighted by Gasteiger charge is -2.49. The molecule has 1 saturated heterocycles. The van der Waals surface area contributed by atoms with Gasteiger partial charge in [-0.2, -0.15) is 0 Å². The standard InChI is InChI=1S/C17H36N2O/c1-6-15(5)16-13-18-17(7-2,8-3)14-19(16)11-10-12-20-9-4/h15-16,18H,6-14H2,1-5H3. The zero-order valence-electron chi connectivity index (χ0n) is 14.4. The lowest BCUT2D eigenvalue weighted by Crippen LogP contribution is -2.65. The average molecular weight is 284 g/mol. The fourth-order valence-electron chi connectivity index (χ4n) is 3.33. The van der Waals surface area contributed by atoms with Gasteiger partial charge in [-0.15, -0.1) is 0 Å². The van der Waals surface area contributed by atoms with Gasteiger partial charge >= 0.3 is 0 Å². The van der Waals surface area contributed by atoms with Crippen LogP contribution in [-0.4, -0.2) is 49.3 Å². The number of piperazine rings is 1. The Morgan fingerprint density at radius 1 is 1.25 bits per heavy atom. The van der Waals surface area contributed by atoms with Crippen LogP contribution in [0.5, 0.6) is 0 Å². The second kappa shape index (κ2) is 9.01. The largest absolute Gasteiger partial charge is 0.382 e. The molecule has 0 aromatic heterocycles. The SMILES string of the molecule is CCOCCCN1CC(CC)(CC)NCC1C(C)CC. The summed E-state index contributed by atoms with van der Waals surface area (Å²) in [6, 6.07) is 0.688. The van der Waals surface area contributed by atoms with Gasteiger partial charge in [-0.3, -0.25) is 4.90 Å². The third kappa shape index (κ3) is 4.71. The van der Waals surface area contributed by atoms with E-state index in [1.54, 1.807) is 0 Å². The van der Waals surface area contributed by atoms with Gasteiger partial charge in [0.2, 0.25) is 0 Å². The van der Waals surface area contributed by atoms with Crippen molar-refractivity contribution >= 4 is 0 Å². The zero-order valence-corrected chi connectivity index (χ0v) is 14.4. The van der Waals surface area contributed by atoms with Crippen LogP contribution < -0.4 is 5.32 Å². The van der Waals surface area contributed by atoms with Gasteiger partial charge in [0, 0.05) is 44.4 Å². The maximum absolute atomic E-state index is 5.51. The Morgan fingerprint density at radius 2 is 1.95 bits per heavy atom. The summed E-state index contributed by atoms with van der Waals surface area (Å²) in [5.41, 5.74) is 0.329. The molecule has 0 saturated carbocycles. The predicted octanol–water partition coefficient (Wildman–Crippen LogP) is 3.29. The smallest absolute Gasteiger partial charge is 0.0478 e. The first-order valence-electron chi connectivity index (χ1n) is 8.69. The van der Waals surface area contributed by atoms with Gasteiger partial charge < -0.3 is 10.1 Å². The van der Waals surface area contributed by atoms with Crippen molar-refractivity contribution in [1.29, 1.82) is 0 Å². The second-order valence-corrected chi connectivity index (χ2v) is 6.34. The molecular weight excluding hydrogens is 248 g/mol. The van der Waals surface area contributed by atoms with Crippen molar-refractivity contribution in [3.8, 4) is 0 Å². The van der Waals surface area contributed by atoms with Crippen molar-refractivity contribution < 1.29 is 4.74 Å². The summed E-state index contributed by atoms with van der Waals surface area (Å²) in [5, 5.41) is 3.86. The van der Waals surface area contributed by atoms with Crippen molar-refractivity contribution in [2.75, 3.05) is 32.8 Å². The van der Waals surface area contributed by atoms with Crippen molar-refractivity contribution in [3.63, 3.8) is 0 Å². The van der Waals surface area contributed by atoms with Crippen LogP contribution >= 0.6 is 0 Å². The Bertz CT molecular complexity index is 253. The molecule has 1 rings (SSSR count). The zero-order chi connectivity index (χ0) is 15.0. The number of nitrogens with one attached hydrogen (secondary N) is 1. The maximum Gasteiger partial charge on any atom is 0.0478 e. The van der Waals surface area contributed by atoms with E-state index >= 15 is 0 Å². The van der Waals surface area contributed by atoms with Gasteiger partial charge in [0.1, 0.15) is 0 Å². The molecule has 3 nitrogen and oxygen atoms in total. The number of nitrogens with zero attached hydrogens (tertiary/aromatic N) is 1. The number of ether oxygens (including phenoxy) is 1. The van der Waals surface area contributed by atoms with Crippen molar-refractivity contribution in [2.45, 2.75) is 71.9 Å². The quantitative estimate of drug-likeness (QED) is 0.658. The minimum Gasteiger partial charge on any atom is -0.382 e. The summed E-state index contributed by atoms with van der Waals surface area (Å²) in [6.45, 7) is 16.7. The highest BCUT2D eigenvalue weighted by Crippen LogP contribution is 2.26. The van der Waals surface area contributed by atoms with E-state index in [0.717, 1.165) is 32.1 Å². The van der Waals surface area contributed by atoms with Gasteiger partial charge in [0.15, 0.2) is 0 Å². The molecule has 1 heterocycles. The molecule has 1 aliphatic rings. The van der Waals surface area contributed by atoms with Crippen LogP contribution in [0.25, 0.3) is 0 Å². The fourth-order valence-corrected chi connectivity index (χ4v) is 3.33. The summed E-state index contributed by atoms with van der Waals surface area (Å²) in [6.07, 6.45) is 4.86. The van der Waals surface area contributed by atoms with E-state index in [2.05, 4.69) is 44.8 Å². The number of rotatable bonds is 9. The molecule has 0 amide bonds. The third-order valence-electron chi connectivity index (χ3n) is 5.25. The van der Waals surface area contributed by atoms with Crippen LogP contribution in [0.3, 0.4) is 0 Å². The molecule has 0 aromatic carbocycles. The summed E-state index contributed by atoms with van der Waals surface area (Å²) >= 11 is 0. The predicted molar refractivity (Wildman–Crippen MR) is 87.2 cm³/mol. The molecule has 20 heavy (non-hydrogen) atoms. The Labute approximate surface area is 126 Å². The van der Waals surface area contributed by atoms with Crippen molar-refractivity contribution in [1.82, 2.24) is 10.2 Å². The monoisotopic (exact) mass is 284 g/mol. The number of hydrogen-bond acceptors (Lipinski definition) is 3. The molecular formula is C17H36N2O. The molecule has 0 spiro atoms. The second-order valence-electron chi connectivity index (χ2n) is 6.34. The Balaban J connectivity index is 2.62. The summed E-state index contributed by atoms with van der Waals surface area (Å²) in [5.74, 6) is 0.765. The average Bonchev–Trinajstić information content (AvgIpc) is 2.50. The highest BCUT2D eigenvalue weighted by molar-refractivity contribution is 4.97. The van der Waals surface area contributed by atoms with Crippen LogP contribution in [0, 0.1) is 5.92 Å². The molecule has 0 bridgehead atoms. The van der Waals surface area contributed by atoms with E-state index in [-0.39, 0.29) is 0 Å². The minimum absolute atomic E-state index is 0.329. The van der Waals surface area contributed by atoms with E-state index < -0.39 is 0 Å². The minimum atomic E-state index is 0.329. The first kappa shape index (κ1) is 17.9. The third-order valence-corrected chi connectivity index (χ3v) is 5.25. The fraction of sp³-hybridized carbons (Fsp3) is 1.00. The van der Waals surface area contributed by atoms with Gasteiger partial charge in [-0.05, 0) is 32.1 Å². The van der Waals surface area contributed by atoms with E-state index in [4.69, 9.17) is 4.74 Å². The van der Waals surface area contributed by atoms with Gasteiger partial charge in [0.25, 0.3) is 0 Å². The van der Waals surface area contributed by atoms with E-state index in [9.17, 15) is 0 Å². The van der Waals surface area contributed by atoms with Crippen LogP contribution in [-0.2, 0) is 4.74 Å². The maximum atomic E-state index is 5.51. The van der Waals surface area contributed by atoms with Gasteiger partial charge in [-0.25, -0.2) is 0 Å². The van der Waals surface area contributed by atoms with Crippen molar-refractivity contribution in [2.24, 2.45) is 5.92 Å². The van der Waals surface area contributed by atoms with Crippen LogP contribution in [0.15, 0.2) is 0 Å². The normalized spacial score (nSPS) is 24.8. The van der Waals surface area contributed by atoms with Crippen LogP contribution in [0.2, 0.25) is 0 Å². The van der Waals surface area contributed by atoms with E-state index in [0.29, 0.717) is 11.6 Å². The molecule has 0 aromatic rings. The van der Waals surface area contributed by atoms with Crippen LogP contribution in [0.1, 0.15) is 60.3 Å². The van der Waals surface area contributed by atoms with Gasteiger partial charge in [0.05, 0.1) is 0 Å². The lowest BCUT2D eigenvalue weighted by atomic mass is 9.85. The van der Waals surface area contributed by atoms with Crippen LogP contribution in [0.4, 0.5) is 0 Å². The van der Waals surface area contributed by atoms with Gasteiger partial charge in [-0.1, -0.05) is 34.1 Å². The molecule has 120 valence electrons. The first-order valence-corrected chi connectivity index (χ1v) is 8.69. The molecule has 1 aliphatic heterocycles. The molecule has 1 N–H and O–H groups in total. The molecule has 2 unspecified atom stereocenters. The first-order chi connectivity index (χ1) is 9.62. The molecule has 3 heteroatoms. The highest BCUT2D eigenvalue weighted by atomic mass is 16.5. The number of hydrogen-bond donors (Lipinski definition) is 1. The summed E-state index contributed by atoms with van der Waals surface area (Å²) in [4.78, 5) is 2.73. The molecule has 1 fully saturated rings. The highest BCUT2D eigenvalue weighted by Gasteiger charge is 2.37. The lowest BCUT2D eigenvalue weighted by molar-refractivity contribution is 0.0364. The Morgan fingerprint density at radius 3 is 2.50 bits per heavy atom. The molecule has 0 radical (unpaired) electrons. The van der Waals surface area contributed by atoms with E-state index in [1.807, 2.05) is 0 Å². The summed E-state index contributed by atoms with van der Waals surface area (Å²) in [7, 11) is 0. The topological polar surface area (TPSA) is 24.5 Å². The summed E-state index contributed by atoms with van der Waals surface area (Å²) < 4.78 is 5.51. The van der Waals surface area contributed by atoms with E-state index in [1.165, 1.54) is 32.4 Å².